The van der Waals surface area contributed by atoms with Crippen molar-refractivity contribution >= 4 is 28.5 Å². The van der Waals surface area contributed by atoms with Crippen LogP contribution in [0.15, 0.2) is 79.0 Å². The van der Waals surface area contributed by atoms with E-state index in [1.807, 2.05) is 48.5 Å². The van der Waals surface area contributed by atoms with Crippen LogP contribution in [-0.4, -0.2) is 41.7 Å². The zero-order valence-electron chi connectivity index (χ0n) is 20.9. The minimum atomic E-state index is -0.932. The first-order chi connectivity index (χ1) is 17.5. The summed E-state index contributed by atoms with van der Waals surface area (Å²) in [4.78, 5) is 26.3. The van der Waals surface area contributed by atoms with E-state index < -0.39 is 5.97 Å². The second-order valence-electron chi connectivity index (χ2n) is 9.07. The molecule has 1 amide bonds. The summed E-state index contributed by atoms with van der Waals surface area (Å²) in [6.45, 7) is 4.45. The number of nitrogens with one attached hydrogen (secondary N) is 1. The van der Waals surface area contributed by atoms with Gasteiger partial charge in [0.25, 0.3) is 5.91 Å². The van der Waals surface area contributed by atoms with Crippen LogP contribution in [0.3, 0.4) is 0 Å². The highest BCUT2D eigenvalue weighted by atomic mass is 16.4. The Morgan fingerprint density at radius 2 is 1.67 bits per heavy atom. The van der Waals surface area contributed by atoms with Crippen molar-refractivity contribution in [1.29, 1.82) is 0 Å². The van der Waals surface area contributed by atoms with Crippen LogP contribution in [0.2, 0.25) is 0 Å². The number of aryl methyl sites for hydroxylation is 1. The lowest BCUT2D eigenvalue weighted by molar-refractivity contribution is 0.0696. The number of unbranched alkanes of at least 4 members (excludes halogenated alkanes) is 1. The van der Waals surface area contributed by atoms with Crippen LogP contribution in [-0.2, 0) is 6.54 Å². The van der Waals surface area contributed by atoms with Crippen molar-refractivity contribution in [3.63, 3.8) is 0 Å². The zero-order valence-corrected chi connectivity index (χ0v) is 20.9. The predicted molar refractivity (Wildman–Crippen MR) is 146 cm³/mol. The fourth-order valence-corrected chi connectivity index (χ4v) is 4.50. The number of benzene rings is 3. The van der Waals surface area contributed by atoms with Crippen LogP contribution in [0.25, 0.3) is 22.0 Å². The number of carboxylic acids is 1. The van der Waals surface area contributed by atoms with Gasteiger partial charge in [-0.15, -0.1) is 0 Å². The van der Waals surface area contributed by atoms with Gasteiger partial charge in [0.05, 0.1) is 5.56 Å². The van der Waals surface area contributed by atoms with E-state index in [1.54, 1.807) is 12.1 Å². The van der Waals surface area contributed by atoms with Crippen molar-refractivity contribution in [2.24, 2.45) is 0 Å². The molecule has 4 rings (SSSR count). The van der Waals surface area contributed by atoms with Gasteiger partial charge in [0.2, 0.25) is 0 Å². The van der Waals surface area contributed by atoms with E-state index in [2.05, 4.69) is 47.1 Å². The lowest BCUT2D eigenvalue weighted by Crippen LogP contribution is -2.24. The maximum atomic E-state index is 12.5. The second-order valence-corrected chi connectivity index (χ2v) is 9.07. The summed E-state index contributed by atoms with van der Waals surface area (Å²) in [6.07, 6.45) is 4.85. The number of aromatic carboxylic acids is 1. The molecule has 2 N–H and O–H groups in total. The first-order valence-electron chi connectivity index (χ1n) is 12.5. The summed E-state index contributed by atoms with van der Waals surface area (Å²) < 4.78 is 2.12. The number of amides is 1. The number of fused-ring (bicyclic) bond motifs is 1. The number of carbonyl (C=O) groups excluding carboxylic acids is 1. The fraction of sp³-hybridized carbons (Fsp3) is 0.267. The number of carbonyl (C=O) groups is 2. The highest BCUT2D eigenvalue weighted by Gasteiger charge is 2.13. The first-order valence-corrected chi connectivity index (χ1v) is 12.5. The molecule has 0 fully saturated rings. The molecule has 0 bridgehead atoms. The molecule has 0 spiro atoms. The zero-order chi connectivity index (χ0) is 25.5. The van der Waals surface area contributed by atoms with E-state index in [-0.39, 0.29) is 11.5 Å². The lowest BCUT2D eigenvalue weighted by Gasteiger charge is -2.18. The van der Waals surface area contributed by atoms with Crippen LogP contribution < -0.4 is 10.2 Å². The maximum Gasteiger partial charge on any atom is 0.335 e. The van der Waals surface area contributed by atoms with E-state index in [0.717, 1.165) is 60.1 Å². The minimum Gasteiger partial charge on any atom is -0.478 e. The van der Waals surface area contributed by atoms with Gasteiger partial charge in [0.1, 0.15) is 0 Å². The molecule has 6 heteroatoms. The molecule has 0 atom stereocenters. The fourth-order valence-electron chi connectivity index (χ4n) is 4.50. The van der Waals surface area contributed by atoms with Crippen molar-refractivity contribution in [3.8, 4) is 11.1 Å². The van der Waals surface area contributed by atoms with Gasteiger partial charge in [-0.3, -0.25) is 4.79 Å². The summed E-state index contributed by atoms with van der Waals surface area (Å²) in [5.41, 5.74) is 5.14. The predicted octanol–water partition coefficient (Wildman–Crippen LogP) is 6.06. The average Bonchev–Trinajstić information content (AvgIpc) is 3.27. The molecule has 0 saturated heterocycles. The molecule has 3 aromatic carbocycles. The number of aromatic nitrogens is 1. The summed E-state index contributed by atoms with van der Waals surface area (Å²) in [6, 6.07) is 23.1. The highest BCUT2D eigenvalue weighted by molar-refractivity contribution is 6.00. The first kappa shape index (κ1) is 25.0. The van der Waals surface area contributed by atoms with E-state index in [4.69, 9.17) is 0 Å². The van der Waals surface area contributed by atoms with Crippen LogP contribution >= 0.6 is 0 Å². The molecule has 1 aromatic heterocycles. The van der Waals surface area contributed by atoms with Gasteiger partial charge in [-0.25, -0.2) is 4.79 Å². The molecular formula is C30H33N3O3. The molecule has 0 radical (unpaired) electrons. The summed E-state index contributed by atoms with van der Waals surface area (Å²) in [7, 11) is 2.05. The Hall–Kier alpha value is -4.06. The van der Waals surface area contributed by atoms with E-state index in [0.29, 0.717) is 12.1 Å². The molecule has 0 saturated carbocycles. The third kappa shape index (κ3) is 5.77. The standard InChI is InChI=1S/C30H33N3O3/c1-3-18-32(2)25-14-11-23(12-15-25)29(34)31-17-7-8-19-33-21-27(22-9-5-4-6-10-22)26-16-13-24(30(35)36)20-28(26)33/h4-6,9-16,20-21H,3,7-8,17-19H2,1-2H3,(H,31,34)(H,35,36). The number of hydrogen-bond acceptors (Lipinski definition) is 3. The summed E-state index contributed by atoms with van der Waals surface area (Å²) in [5, 5.41) is 13.5. The molecule has 36 heavy (non-hydrogen) atoms. The van der Waals surface area contributed by atoms with E-state index >= 15 is 0 Å². The van der Waals surface area contributed by atoms with E-state index in [9.17, 15) is 14.7 Å². The summed E-state index contributed by atoms with van der Waals surface area (Å²) in [5.74, 6) is -0.998. The number of nitrogens with zero attached hydrogens (tertiary/aromatic N) is 2. The Kier molecular flexibility index (Phi) is 8.06. The van der Waals surface area contributed by atoms with Gasteiger partial charge in [-0.05, 0) is 61.2 Å². The highest BCUT2D eigenvalue weighted by Crippen LogP contribution is 2.31. The van der Waals surface area contributed by atoms with E-state index in [1.165, 1.54) is 0 Å². The van der Waals surface area contributed by atoms with Gasteiger partial charge in [0, 0.05) is 60.6 Å². The molecular weight excluding hydrogens is 450 g/mol. The van der Waals surface area contributed by atoms with Gasteiger partial charge < -0.3 is 19.9 Å². The van der Waals surface area contributed by atoms with Crippen LogP contribution in [0.5, 0.6) is 0 Å². The monoisotopic (exact) mass is 483 g/mol. The summed E-state index contributed by atoms with van der Waals surface area (Å²) >= 11 is 0. The van der Waals surface area contributed by atoms with Gasteiger partial charge >= 0.3 is 5.97 Å². The van der Waals surface area contributed by atoms with Gasteiger partial charge in [-0.2, -0.15) is 0 Å². The van der Waals surface area contributed by atoms with Gasteiger partial charge in [-0.1, -0.05) is 43.3 Å². The van der Waals surface area contributed by atoms with Crippen molar-refractivity contribution in [2.75, 3.05) is 25.0 Å². The average molecular weight is 484 g/mol. The van der Waals surface area contributed by atoms with Gasteiger partial charge in [0.15, 0.2) is 0 Å². The molecule has 4 aromatic rings. The Morgan fingerprint density at radius 3 is 2.36 bits per heavy atom. The number of carboxylic acid groups (broad SMARTS) is 1. The molecule has 0 aliphatic carbocycles. The Balaban J connectivity index is 1.37. The maximum absolute atomic E-state index is 12.5. The second kappa shape index (κ2) is 11.6. The number of anilines is 1. The molecule has 0 aliphatic heterocycles. The quantitative estimate of drug-likeness (QED) is 0.254. The molecule has 1 heterocycles. The Bertz CT molecular complexity index is 1330. The smallest absolute Gasteiger partial charge is 0.335 e. The van der Waals surface area contributed by atoms with Crippen LogP contribution in [0.1, 0.15) is 46.9 Å². The van der Waals surface area contributed by atoms with Crippen molar-refractivity contribution < 1.29 is 14.7 Å². The third-order valence-electron chi connectivity index (χ3n) is 6.45. The third-order valence-corrected chi connectivity index (χ3v) is 6.45. The molecule has 6 nitrogen and oxygen atoms in total. The van der Waals surface area contributed by atoms with Crippen molar-refractivity contribution in [1.82, 2.24) is 9.88 Å². The number of rotatable bonds is 11. The SMILES string of the molecule is CCCN(C)c1ccc(C(=O)NCCCCn2cc(-c3ccccc3)c3ccc(C(=O)O)cc32)cc1. The van der Waals surface area contributed by atoms with Crippen molar-refractivity contribution in [2.45, 2.75) is 32.7 Å². The lowest BCUT2D eigenvalue weighted by atomic mass is 10.0. The topological polar surface area (TPSA) is 74.6 Å². The molecule has 0 unspecified atom stereocenters. The Morgan fingerprint density at radius 1 is 0.944 bits per heavy atom. The number of hydrogen-bond donors (Lipinski definition) is 2. The Labute approximate surface area is 212 Å². The molecule has 0 aliphatic rings. The van der Waals surface area contributed by atoms with Crippen LogP contribution in [0.4, 0.5) is 5.69 Å². The minimum absolute atomic E-state index is 0.0661. The van der Waals surface area contributed by atoms with Crippen molar-refractivity contribution in [3.05, 3.63) is 90.1 Å². The molecule has 186 valence electrons. The largest absolute Gasteiger partial charge is 0.478 e. The van der Waals surface area contributed by atoms with Crippen LogP contribution in [0, 0.1) is 0 Å². The normalized spacial score (nSPS) is 10.9.